The second-order valence-electron chi connectivity index (χ2n) is 3.68. The van der Waals surface area contributed by atoms with Crippen LogP contribution in [-0.4, -0.2) is 24.9 Å². The van der Waals surface area contributed by atoms with Crippen LogP contribution in [0.25, 0.3) is 11.0 Å². The topological polar surface area (TPSA) is 33.5 Å². The van der Waals surface area contributed by atoms with Gasteiger partial charge in [-0.25, -0.2) is 0 Å². The van der Waals surface area contributed by atoms with Crippen molar-refractivity contribution < 1.29 is 9.21 Å². The average molecular weight is 202 g/mol. The summed E-state index contributed by atoms with van der Waals surface area (Å²) in [5, 5.41) is 0.821. The Morgan fingerprint density at radius 2 is 2.13 bits per heavy atom. The van der Waals surface area contributed by atoms with Crippen LogP contribution in [0.2, 0.25) is 0 Å². The van der Waals surface area contributed by atoms with E-state index in [-0.39, 0.29) is 5.91 Å². The molecular weight excluding hydrogens is 190 g/mol. The number of rotatable bonds is 1. The monoisotopic (exact) mass is 202 g/mol. The van der Waals surface area contributed by atoms with Crippen molar-refractivity contribution in [3.63, 3.8) is 0 Å². The quantitative estimate of drug-likeness (QED) is 0.711. The molecule has 77 valence electrons. The van der Waals surface area contributed by atoms with E-state index in [4.69, 9.17) is 4.42 Å². The lowest BCUT2D eigenvalue weighted by Gasteiger charge is -2.08. The lowest BCUT2D eigenvalue weighted by Crippen LogP contribution is -2.21. The Kier molecular flexibility index (Phi) is 2.23. The van der Waals surface area contributed by atoms with Gasteiger partial charge in [-0.1, -0.05) is 6.07 Å². The Morgan fingerprint density at radius 3 is 2.80 bits per heavy atom. The fraction of sp³-hybridized carbons (Fsp3) is 0.167. The zero-order valence-corrected chi connectivity index (χ0v) is 8.78. The van der Waals surface area contributed by atoms with Crippen LogP contribution in [-0.2, 0) is 0 Å². The van der Waals surface area contributed by atoms with Gasteiger partial charge >= 0.3 is 0 Å². The zero-order chi connectivity index (χ0) is 11.0. The van der Waals surface area contributed by atoms with Gasteiger partial charge in [-0.2, -0.15) is 0 Å². The zero-order valence-electron chi connectivity index (χ0n) is 8.78. The largest absolute Gasteiger partial charge is 0.463 e. The van der Waals surface area contributed by atoms with Gasteiger partial charge in [-0.15, -0.1) is 0 Å². The first-order chi connectivity index (χ1) is 7.09. The minimum atomic E-state index is -0.0562. The van der Waals surface area contributed by atoms with Gasteiger partial charge in [0.15, 0.2) is 0 Å². The van der Waals surface area contributed by atoms with Gasteiger partial charge in [0.2, 0.25) is 0 Å². The van der Waals surface area contributed by atoms with Crippen LogP contribution < -0.4 is 0 Å². The molecule has 0 N–H and O–H groups in total. The van der Waals surface area contributed by atoms with Crippen molar-refractivity contribution in [3.05, 3.63) is 42.5 Å². The van der Waals surface area contributed by atoms with Gasteiger partial charge in [-0.05, 0) is 24.6 Å². The van der Waals surface area contributed by atoms with E-state index < -0.39 is 0 Å². The van der Waals surface area contributed by atoms with Crippen molar-refractivity contribution in [2.75, 3.05) is 14.1 Å². The van der Waals surface area contributed by atoms with Crippen LogP contribution in [0.4, 0.5) is 0 Å². The molecule has 3 heteroatoms. The average Bonchev–Trinajstić information content (AvgIpc) is 2.59. The maximum atomic E-state index is 11.8. The van der Waals surface area contributed by atoms with Crippen molar-refractivity contribution in [3.8, 4) is 0 Å². The van der Waals surface area contributed by atoms with E-state index >= 15 is 0 Å². The van der Waals surface area contributed by atoms with Crippen molar-refractivity contribution in [2.45, 2.75) is 0 Å². The number of hydrogen-bond acceptors (Lipinski definition) is 2. The minimum Gasteiger partial charge on any atom is -0.463 e. The fourth-order valence-electron chi connectivity index (χ4n) is 1.48. The van der Waals surface area contributed by atoms with Crippen molar-refractivity contribution in [1.29, 1.82) is 0 Å². The van der Waals surface area contributed by atoms with E-state index in [2.05, 4.69) is 6.92 Å². The smallest absolute Gasteiger partial charge is 0.257 e. The fourth-order valence-corrected chi connectivity index (χ4v) is 1.48. The molecule has 0 spiro atoms. The number of benzene rings is 1. The summed E-state index contributed by atoms with van der Waals surface area (Å²) < 4.78 is 5.30. The highest BCUT2D eigenvalue weighted by Crippen LogP contribution is 2.23. The van der Waals surface area contributed by atoms with Crippen molar-refractivity contribution >= 4 is 16.9 Å². The second kappa shape index (κ2) is 3.42. The maximum absolute atomic E-state index is 11.8. The first kappa shape index (κ1) is 9.77. The van der Waals surface area contributed by atoms with Gasteiger partial charge in [0, 0.05) is 19.5 Å². The molecule has 0 atom stereocenters. The molecule has 3 nitrogen and oxygen atoms in total. The molecule has 0 fully saturated rings. The first-order valence-corrected chi connectivity index (χ1v) is 4.64. The minimum absolute atomic E-state index is 0.0562. The molecule has 0 aliphatic carbocycles. The highest BCUT2D eigenvalue weighted by atomic mass is 16.3. The molecule has 0 saturated heterocycles. The molecule has 1 aromatic carbocycles. The standard InChI is InChI=1S/C12H12NO2/c1-8-4-5-11-9(6-8)10(7-15-11)12(14)13(2)3/h4-7H,1H2,2-3H3. The van der Waals surface area contributed by atoms with E-state index in [1.54, 1.807) is 14.1 Å². The summed E-state index contributed by atoms with van der Waals surface area (Å²) in [6.45, 7) is 3.83. The molecule has 1 heterocycles. The molecule has 2 rings (SSSR count). The third-order valence-electron chi connectivity index (χ3n) is 2.27. The van der Waals surface area contributed by atoms with E-state index in [0.29, 0.717) is 11.1 Å². The normalized spacial score (nSPS) is 10.6. The van der Waals surface area contributed by atoms with Gasteiger partial charge < -0.3 is 9.32 Å². The number of carbonyl (C=O) groups is 1. The molecular formula is C12H12NO2. The van der Waals surface area contributed by atoms with Gasteiger partial charge in [0.1, 0.15) is 11.8 Å². The Hall–Kier alpha value is -1.77. The molecule has 15 heavy (non-hydrogen) atoms. The summed E-state index contributed by atoms with van der Waals surface area (Å²) in [6.07, 6.45) is 1.49. The predicted octanol–water partition coefficient (Wildman–Crippen LogP) is 2.32. The third-order valence-corrected chi connectivity index (χ3v) is 2.27. The van der Waals surface area contributed by atoms with Gasteiger partial charge in [0.05, 0.1) is 5.56 Å². The number of nitrogens with zero attached hydrogens (tertiary/aromatic N) is 1. The Labute approximate surface area is 88.3 Å². The maximum Gasteiger partial charge on any atom is 0.257 e. The van der Waals surface area contributed by atoms with E-state index in [1.165, 1.54) is 11.2 Å². The summed E-state index contributed by atoms with van der Waals surface area (Å²) in [5.41, 5.74) is 2.17. The van der Waals surface area contributed by atoms with Crippen LogP contribution in [0.5, 0.6) is 0 Å². The first-order valence-electron chi connectivity index (χ1n) is 4.64. The number of hydrogen-bond donors (Lipinski definition) is 0. The molecule has 0 aliphatic heterocycles. The van der Waals surface area contributed by atoms with E-state index in [9.17, 15) is 4.79 Å². The Morgan fingerprint density at radius 1 is 1.40 bits per heavy atom. The van der Waals surface area contributed by atoms with Gasteiger partial charge in [-0.3, -0.25) is 4.79 Å². The Bertz CT molecular complexity index is 511. The van der Waals surface area contributed by atoms with Crippen LogP contribution in [0.3, 0.4) is 0 Å². The van der Waals surface area contributed by atoms with E-state index in [1.807, 2.05) is 18.2 Å². The summed E-state index contributed by atoms with van der Waals surface area (Å²) >= 11 is 0. The van der Waals surface area contributed by atoms with E-state index in [0.717, 1.165) is 10.9 Å². The summed E-state index contributed by atoms with van der Waals surface area (Å²) in [7, 11) is 3.43. The Balaban J connectivity index is 2.62. The molecule has 2 aromatic rings. The number of furan rings is 1. The van der Waals surface area contributed by atoms with Crippen LogP contribution >= 0.6 is 0 Å². The highest BCUT2D eigenvalue weighted by molar-refractivity contribution is 6.05. The summed E-state index contributed by atoms with van der Waals surface area (Å²) in [6, 6.07) is 5.54. The molecule has 1 amide bonds. The lowest BCUT2D eigenvalue weighted by atomic mass is 10.1. The number of fused-ring (bicyclic) bond motifs is 1. The van der Waals surface area contributed by atoms with Crippen LogP contribution in [0.15, 0.2) is 28.9 Å². The van der Waals surface area contributed by atoms with Gasteiger partial charge in [0.25, 0.3) is 5.91 Å². The lowest BCUT2D eigenvalue weighted by molar-refractivity contribution is 0.0828. The SMILES string of the molecule is [CH2]c1ccc2occ(C(=O)N(C)C)c2c1. The summed E-state index contributed by atoms with van der Waals surface area (Å²) in [4.78, 5) is 13.3. The number of carbonyl (C=O) groups excluding carboxylic acids is 1. The summed E-state index contributed by atoms with van der Waals surface area (Å²) in [5.74, 6) is -0.0562. The molecule has 0 aliphatic rings. The van der Waals surface area contributed by atoms with Crippen molar-refractivity contribution in [2.24, 2.45) is 0 Å². The molecule has 1 radical (unpaired) electrons. The molecule has 0 bridgehead atoms. The van der Waals surface area contributed by atoms with Crippen molar-refractivity contribution in [1.82, 2.24) is 4.90 Å². The molecule has 0 unspecified atom stereocenters. The molecule has 0 saturated carbocycles. The molecule has 1 aromatic heterocycles. The highest BCUT2D eigenvalue weighted by Gasteiger charge is 2.14. The number of amides is 1. The van der Waals surface area contributed by atoms with Crippen LogP contribution in [0.1, 0.15) is 15.9 Å². The van der Waals surface area contributed by atoms with Crippen LogP contribution in [0, 0.1) is 6.92 Å². The second-order valence-corrected chi connectivity index (χ2v) is 3.68. The third kappa shape index (κ3) is 1.61. The predicted molar refractivity (Wildman–Crippen MR) is 58.7 cm³/mol.